The summed E-state index contributed by atoms with van der Waals surface area (Å²) in [6, 6.07) is 13.9. The van der Waals surface area contributed by atoms with E-state index in [0.717, 1.165) is 17.0 Å². The van der Waals surface area contributed by atoms with Gasteiger partial charge in [0.2, 0.25) is 11.8 Å². The van der Waals surface area contributed by atoms with Gasteiger partial charge in [-0.1, -0.05) is 38.1 Å². The van der Waals surface area contributed by atoms with Gasteiger partial charge in [0, 0.05) is 11.3 Å². The van der Waals surface area contributed by atoms with Crippen LogP contribution in [0.4, 0.5) is 5.69 Å². The maximum Gasteiger partial charge on any atom is 0.247 e. The van der Waals surface area contributed by atoms with E-state index in [0.29, 0.717) is 24.2 Å². The SMILES string of the molecule is COc1cccc(-c2nnc(CNc3c(C)cccc3C(C)C)o2)c1. The number of aryl methyl sites for hydroxylation is 1. The van der Waals surface area contributed by atoms with Crippen molar-refractivity contribution < 1.29 is 9.15 Å². The molecule has 1 N–H and O–H groups in total. The zero-order chi connectivity index (χ0) is 17.8. The summed E-state index contributed by atoms with van der Waals surface area (Å²) in [7, 11) is 1.64. The number of nitrogens with zero attached hydrogens (tertiary/aromatic N) is 2. The van der Waals surface area contributed by atoms with Crippen LogP contribution in [0.2, 0.25) is 0 Å². The van der Waals surface area contributed by atoms with Gasteiger partial charge in [0.05, 0.1) is 13.7 Å². The standard InChI is InChI=1S/C20H23N3O2/c1-13(2)17-10-5-7-14(3)19(17)21-12-18-22-23-20(25-18)15-8-6-9-16(11-15)24-4/h5-11,13,21H,12H2,1-4H3. The highest BCUT2D eigenvalue weighted by atomic mass is 16.5. The molecule has 0 saturated heterocycles. The maximum absolute atomic E-state index is 5.79. The summed E-state index contributed by atoms with van der Waals surface area (Å²) in [6.45, 7) is 6.96. The van der Waals surface area contributed by atoms with E-state index in [1.165, 1.54) is 11.1 Å². The Bertz CT molecular complexity index is 856. The molecule has 130 valence electrons. The first-order chi connectivity index (χ1) is 12.1. The minimum atomic E-state index is 0.442. The van der Waals surface area contributed by atoms with Crippen molar-refractivity contribution in [3.05, 3.63) is 59.5 Å². The lowest BCUT2D eigenvalue weighted by molar-refractivity contribution is 0.414. The predicted molar refractivity (Wildman–Crippen MR) is 98.9 cm³/mol. The molecule has 0 fully saturated rings. The molecule has 0 aliphatic rings. The summed E-state index contributed by atoms with van der Waals surface area (Å²) in [5.41, 5.74) is 4.47. The average molecular weight is 337 g/mol. The highest BCUT2D eigenvalue weighted by molar-refractivity contribution is 5.58. The van der Waals surface area contributed by atoms with Crippen LogP contribution in [0.5, 0.6) is 5.75 Å². The van der Waals surface area contributed by atoms with Crippen LogP contribution in [-0.2, 0) is 6.54 Å². The lowest BCUT2D eigenvalue weighted by Crippen LogP contribution is -2.05. The summed E-state index contributed by atoms with van der Waals surface area (Å²) in [5.74, 6) is 2.25. The Kier molecular flexibility index (Phi) is 5.03. The Morgan fingerprint density at radius 3 is 2.68 bits per heavy atom. The minimum Gasteiger partial charge on any atom is -0.497 e. The lowest BCUT2D eigenvalue weighted by atomic mass is 9.98. The first kappa shape index (κ1) is 17.0. The van der Waals surface area contributed by atoms with E-state index in [2.05, 4.69) is 54.5 Å². The molecule has 5 nitrogen and oxygen atoms in total. The topological polar surface area (TPSA) is 60.2 Å². The fraction of sp³-hybridized carbons (Fsp3) is 0.300. The number of para-hydroxylation sites is 1. The third-order valence-electron chi connectivity index (χ3n) is 4.13. The number of rotatable bonds is 6. The largest absolute Gasteiger partial charge is 0.497 e. The quantitative estimate of drug-likeness (QED) is 0.701. The van der Waals surface area contributed by atoms with E-state index in [1.54, 1.807) is 7.11 Å². The third kappa shape index (κ3) is 3.82. The van der Waals surface area contributed by atoms with Gasteiger partial charge in [-0.15, -0.1) is 10.2 Å². The van der Waals surface area contributed by atoms with Gasteiger partial charge in [0.25, 0.3) is 0 Å². The molecule has 1 aromatic heterocycles. The van der Waals surface area contributed by atoms with Crippen LogP contribution >= 0.6 is 0 Å². The van der Waals surface area contributed by atoms with Crippen molar-refractivity contribution in [2.45, 2.75) is 33.2 Å². The van der Waals surface area contributed by atoms with Crippen LogP contribution in [0.1, 0.15) is 36.8 Å². The van der Waals surface area contributed by atoms with Gasteiger partial charge in [-0.05, 0) is 42.2 Å². The Labute approximate surface area is 148 Å². The normalized spacial score (nSPS) is 10.9. The van der Waals surface area contributed by atoms with E-state index in [1.807, 2.05) is 24.3 Å². The monoisotopic (exact) mass is 337 g/mol. The molecule has 2 aromatic carbocycles. The molecule has 0 radical (unpaired) electrons. The molecule has 5 heteroatoms. The second-order valence-electron chi connectivity index (χ2n) is 6.28. The molecular formula is C20H23N3O2. The third-order valence-corrected chi connectivity index (χ3v) is 4.13. The summed E-state index contributed by atoms with van der Waals surface area (Å²) >= 11 is 0. The number of anilines is 1. The van der Waals surface area contributed by atoms with Crippen LogP contribution in [0, 0.1) is 6.92 Å². The number of benzene rings is 2. The molecule has 25 heavy (non-hydrogen) atoms. The molecule has 0 bridgehead atoms. The lowest BCUT2D eigenvalue weighted by Gasteiger charge is -2.16. The van der Waals surface area contributed by atoms with Crippen LogP contribution in [0.3, 0.4) is 0 Å². The first-order valence-electron chi connectivity index (χ1n) is 8.38. The van der Waals surface area contributed by atoms with Gasteiger partial charge in [0.15, 0.2) is 0 Å². The molecule has 0 amide bonds. The summed E-state index contributed by atoms with van der Waals surface area (Å²) in [5, 5.41) is 11.7. The summed E-state index contributed by atoms with van der Waals surface area (Å²) in [4.78, 5) is 0. The molecule has 3 aromatic rings. The van der Waals surface area contributed by atoms with Crippen molar-refractivity contribution in [2.24, 2.45) is 0 Å². The van der Waals surface area contributed by atoms with E-state index in [9.17, 15) is 0 Å². The van der Waals surface area contributed by atoms with Gasteiger partial charge in [-0.2, -0.15) is 0 Å². The minimum absolute atomic E-state index is 0.442. The van der Waals surface area contributed by atoms with E-state index in [4.69, 9.17) is 9.15 Å². The van der Waals surface area contributed by atoms with Gasteiger partial charge < -0.3 is 14.5 Å². The average Bonchev–Trinajstić information content (AvgIpc) is 3.09. The van der Waals surface area contributed by atoms with Crippen molar-refractivity contribution in [3.63, 3.8) is 0 Å². The van der Waals surface area contributed by atoms with E-state index in [-0.39, 0.29) is 0 Å². The molecule has 1 heterocycles. The second kappa shape index (κ2) is 7.38. The number of methoxy groups -OCH3 is 1. The molecule has 0 spiro atoms. The first-order valence-corrected chi connectivity index (χ1v) is 8.38. The Balaban J connectivity index is 1.77. The zero-order valence-electron chi connectivity index (χ0n) is 15.0. The molecule has 0 aliphatic carbocycles. The predicted octanol–water partition coefficient (Wildman–Crippen LogP) is 4.79. The molecule has 0 saturated carbocycles. The van der Waals surface area contributed by atoms with Crippen molar-refractivity contribution in [1.82, 2.24) is 10.2 Å². The van der Waals surface area contributed by atoms with Crippen molar-refractivity contribution >= 4 is 5.69 Å². The molecule has 0 aliphatic heterocycles. The highest BCUT2D eigenvalue weighted by Gasteiger charge is 2.12. The highest BCUT2D eigenvalue weighted by Crippen LogP contribution is 2.28. The van der Waals surface area contributed by atoms with E-state index >= 15 is 0 Å². The molecular weight excluding hydrogens is 314 g/mol. The smallest absolute Gasteiger partial charge is 0.247 e. The van der Waals surface area contributed by atoms with Crippen LogP contribution in [0.15, 0.2) is 46.9 Å². The number of aromatic nitrogens is 2. The number of hydrogen-bond acceptors (Lipinski definition) is 5. The Morgan fingerprint density at radius 1 is 1.12 bits per heavy atom. The van der Waals surface area contributed by atoms with Gasteiger partial charge in [-0.3, -0.25) is 0 Å². The fourth-order valence-electron chi connectivity index (χ4n) is 2.77. The van der Waals surface area contributed by atoms with Crippen molar-refractivity contribution in [3.8, 4) is 17.2 Å². The molecule has 3 rings (SSSR count). The van der Waals surface area contributed by atoms with Gasteiger partial charge in [0.1, 0.15) is 5.75 Å². The Morgan fingerprint density at radius 2 is 1.92 bits per heavy atom. The number of hydrogen-bond donors (Lipinski definition) is 1. The number of nitrogens with one attached hydrogen (secondary N) is 1. The van der Waals surface area contributed by atoms with Gasteiger partial charge in [-0.25, -0.2) is 0 Å². The van der Waals surface area contributed by atoms with Gasteiger partial charge >= 0.3 is 0 Å². The summed E-state index contributed by atoms with van der Waals surface area (Å²) < 4.78 is 11.0. The summed E-state index contributed by atoms with van der Waals surface area (Å²) in [6.07, 6.45) is 0. The fourth-order valence-corrected chi connectivity index (χ4v) is 2.77. The van der Waals surface area contributed by atoms with Crippen LogP contribution < -0.4 is 10.1 Å². The Hall–Kier alpha value is -2.82. The van der Waals surface area contributed by atoms with Crippen molar-refractivity contribution in [1.29, 1.82) is 0 Å². The molecule has 0 unspecified atom stereocenters. The van der Waals surface area contributed by atoms with Crippen LogP contribution in [-0.4, -0.2) is 17.3 Å². The zero-order valence-corrected chi connectivity index (χ0v) is 15.0. The van der Waals surface area contributed by atoms with E-state index < -0.39 is 0 Å². The molecule has 0 atom stereocenters. The maximum atomic E-state index is 5.79. The van der Waals surface area contributed by atoms with Crippen molar-refractivity contribution in [2.75, 3.05) is 12.4 Å². The second-order valence-corrected chi connectivity index (χ2v) is 6.28. The number of ether oxygens (including phenoxy) is 1. The van der Waals surface area contributed by atoms with Crippen LogP contribution in [0.25, 0.3) is 11.5 Å².